The van der Waals surface area contributed by atoms with E-state index in [1.54, 1.807) is 0 Å². The molecule has 2 unspecified atom stereocenters. The largest absolute Gasteiger partial charge is 0.388 e. The van der Waals surface area contributed by atoms with Crippen molar-refractivity contribution in [1.82, 2.24) is 0 Å². The van der Waals surface area contributed by atoms with Crippen molar-refractivity contribution in [2.24, 2.45) is 11.3 Å². The van der Waals surface area contributed by atoms with Crippen LogP contribution in [0.25, 0.3) is 0 Å². The lowest BCUT2D eigenvalue weighted by atomic mass is 9.65. The highest BCUT2D eigenvalue weighted by molar-refractivity contribution is 5.27. The first-order valence-corrected chi connectivity index (χ1v) is 6.96. The van der Waals surface area contributed by atoms with Gasteiger partial charge < -0.3 is 5.11 Å². The molecule has 2 atom stereocenters. The summed E-state index contributed by atoms with van der Waals surface area (Å²) in [4.78, 5) is 0. The summed E-state index contributed by atoms with van der Waals surface area (Å²) < 4.78 is 27.6. The van der Waals surface area contributed by atoms with E-state index in [9.17, 15) is 13.9 Å². The molecule has 1 aliphatic rings. The van der Waals surface area contributed by atoms with Gasteiger partial charge in [-0.15, -0.1) is 0 Å². The summed E-state index contributed by atoms with van der Waals surface area (Å²) in [7, 11) is 0. The molecule has 1 fully saturated rings. The third-order valence-corrected chi connectivity index (χ3v) is 4.57. The van der Waals surface area contributed by atoms with Crippen LogP contribution < -0.4 is 0 Å². The lowest BCUT2D eigenvalue weighted by Crippen LogP contribution is -2.33. The summed E-state index contributed by atoms with van der Waals surface area (Å²) >= 11 is 0. The highest BCUT2D eigenvalue weighted by Gasteiger charge is 2.38. The third-order valence-electron chi connectivity index (χ3n) is 4.57. The molecule has 1 N–H and O–H groups in total. The van der Waals surface area contributed by atoms with Crippen molar-refractivity contribution in [3.05, 3.63) is 34.9 Å². The second kappa shape index (κ2) is 5.20. The molecule has 0 spiro atoms. The average Bonchev–Trinajstić information content (AvgIpc) is 2.32. The maximum absolute atomic E-state index is 14.0. The van der Waals surface area contributed by atoms with Crippen LogP contribution in [0.1, 0.15) is 56.8 Å². The molecule has 1 aliphatic carbocycles. The summed E-state index contributed by atoms with van der Waals surface area (Å²) in [6.07, 6.45) is 3.14. The van der Waals surface area contributed by atoms with E-state index >= 15 is 0 Å². The first-order valence-electron chi connectivity index (χ1n) is 6.96. The van der Waals surface area contributed by atoms with E-state index in [-0.39, 0.29) is 22.5 Å². The number of aliphatic hydroxyl groups excluding tert-OH is 1. The Morgan fingerprint density at radius 1 is 1.21 bits per heavy atom. The Balaban J connectivity index is 2.33. The molecule has 0 aromatic heterocycles. The molecule has 2 rings (SSSR count). The molecule has 0 saturated heterocycles. The highest BCUT2D eigenvalue weighted by atomic mass is 19.1. The summed E-state index contributed by atoms with van der Waals surface area (Å²) in [5, 5.41) is 10.5. The van der Waals surface area contributed by atoms with Gasteiger partial charge in [0.1, 0.15) is 11.6 Å². The number of hydrogen-bond donors (Lipinski definition) is 1. The third kappa shape index (κ3) is 2.81. The lowest BCUT2D eigenvalue weighted by molar-refractivity contribution is 0.00181. The Morgan fingerprint density at radius 3 is 2.53 bits per heavy atom. The number of rotatable bonds is 2. The van der Waals surface area contributed by atoms with Crippen molar-refractivity contribution < 1.29 is 13.9 Å². The monoisotopic (exact) mass is 268 g/mol. The van der Waals surface area contributed by atoms with Crippen LogP contribution in [0.4, 0.5) is 8.78 Å². The molecule has 3 heteroatoms. The molecule has 0 heterocycles. The molecule has 1 aromatic carbocycles. The van der Waals surface area contributed by atoms with Gasteiger partial charge in [0.2, 0.25) is 0 Å². The Morgan fingerprint density at radius 2 is 1.89 bits per heavy atom. The SMILES string of the molecule is Cc1cc(F)c(C(O)C2CCCCC2(C)C)cc1F. The van der Waals surface area contributed by atoms with Gasteiger partial charge in [-0.1, -0.05) is 26.7 Å². The average molecular weight is 268 g/mol. The molecular weight excluding hydrogens is 246 g/mol. The van der Waals surface area contributed by atoms with Crippen LogP contribution in [0.15, 0.2) is 12.1 Å². The molecule has 1 aromatic rings. The molecule has 19 heavy (non-hydrogen) atoms. The minimum absolute atomic E-state index is 0.0159. The van der Waals surface area contributed by atoms with E-state index < -0.39 is 17.7 Å². The van der Waals surface area contributed by atoms with Crippen LogP contribution in [0.5, 0.6) is 0 Å². The fourth-order valence-corrected chi connectivity index (χ4v) is 3.21. The molecule has 106 valence electrons. The van der Waals surface area contributed by atoms with E-state index in [1.807, 2.05) is 0 Å². The van der Waals surface area contributed by atoms with Crippen LogP contribution in [0.3, 0.4) is 0 Å². The Kier molecular flexibility index (Phi) is 3.95. The maximum atomic E-state index is 14.0. The number of hydrogen-bond acceptors (Lipinski definition) is 1. The van der Waals surface area contributed by atoms with E-state index in [4.69, 9.17) is 0 Å². The zero-order chi connectivity index (χ0) is 14.2. The van der Waals surface area contributed by atoms with Gasteiger partial charge in [-0.3, -0.25) is 0 Å². The van der Waals surface area contributed by atoms with E-state index in [2.05, 4.69) is 13.8 Å². The fraction of sp³-hybridized carbons (Fsp3) is 0.625. The standard InChI is InChI=1S/C16H22F2O/c1-10-8-14(18)11(9-13(10)17)15(19)12-6-4-5-7-16(12,2)3/h8-9,12,15,19H,4-7H2,1-3H3. The van der Waals surface area contributed by atoms with Crippen molar-refractivity contribution in [1.29, 1.82) is 0 Å². The summed E-state index contributed by atoms with van der Waals surface area (Å²) in [5.41, 5.74) is 0.338. The molecule has 1 saturated carbocycles. The molecule has 0 bridgehead atoms. The van der Waals surface area contributed by atoms with Gasteiger partial charge >= 0.3 is 0 Å². The Labute approximate surface area is 113 Å². The van der Waals surface area contributed by atoms with Crippen molar-refractivity contribution in [2.75, 3.05) is 0 Å². The van der Waals surface area contributed by atoms with E-state index in [1.165, 1.54) is 13.0 Å². The number of benzene rings is 1. The lowest BCUT2D eigenvalue weighted by Gasteiger charge is -2.41. The van der Waals surface area contributed by atoms with E-state index in [0.29, 0.717) is 0 Å². The van der Waals surface area contributed by atoms with Gasteiger partial charge in [0, 0.05) is 5.56 Å². The maximum Gasteiger partial charge on any atom is 0.129 e. The summed E-state index contributed by atoms with van der Waals surface area (Å²) in [6, 6.07) is 2.32. The van der Waals surface area contributed by atoms with Gasteiger partial charge in [-0.05, 0) is 48.8 Å². The van der Waals surface area contributed by atoms with Crippen LogP contribution in [0, 0.1) is 29.9 Å². The van der Waals surface area contributed by atoms with Crippen molar-refractivity contribution in [3.8, 4) is 0 Å². The Hall–Kier alpha value is -0.960. The van der Waals surface area contributed by atoms with E-state index in [0.717, 1.165) is 31.7 Å². The van der Waals surface area contributed by atoms with Crippen LogP contribution >= 0.6 is 0 Å². The summed E-state index contributed by atoms with van der Waals surface area (Å²) in [5.74, 6) is -0.977. The van der Waals surface area contributed by atoms with Crippen LogP contribution in [-0.2, 0) is 0 Å². The predicted octanol–water partition coefficient (Wildman–Crippen LogP) is 4.52. The normalized spacial score (nSPS) is 24.2. The first kappa shape index (κ1) is 14.4. The molecule has 0 amide bonds. The quantitative estimate of drug-likeness (QED) is 0.836. The van der Waals surface area contributed by atoms with Gasteiger partial charge in [0.15, 0.2) is 0 Å². The number of halogens is 2. The smallest absolute Gasteiger partial charge is 0.129 e. The predicted molar refractivity (Wildman–Crippen MR) is 71.8 cm³/mol. The van der Waals surface area contributed by atoms with Crippen molar-refractivity contribution >= 4 is 0 Å². The zero-order valence-corrected chi connectivity index (χ0v) is 11.8. The topological polar surface area (TPSA) is 20.2 Å². The highest BCUT2D eigenvalue weighted by Crippen LogP contribution is 2.47. The van der Waals surface area contributed by atoms with Crippen LogP contribution in [0.2, 0.25) is 0 Å². The second-order valence-corrected chi connectivity index (χ2v) is 6.41. The van der Waals surface area contributed by atoms with Gasteiger partial charge in [0.25, 0.3) is 0 Å². The zero-order valence-electron chi connectivity index (χ0n) is 11.8. The van der Waals surface area contributed by atoms with Gasteiger partial charge in [0.05, 0.1) is 6.10 Å². The molecule has 0 radical (unpaired) electrons. The second-order valence-electron chi connectivity index (χ2n) is 6.41. The molecule has 1 nitrogen and oxygen atoms in total. The molecular formula is C16H22F2O. The van der Waals surface area contributed by atoms with Crippen LogP contribution in [-0.4, -0.2) is 5.11 Å². The minimum atomic E-state index is -0.926. The number of aryl methyl sites for hydroxylation is 1. The van der Waals surface area contributed by atoms with Gasteiger partial charge in [-0.2, -0.15) is 0 Å². The molecule has 0 aliphatic heterocycles. The Bertz CT molecular complexity index is 468. The minimum Gasteiger partial charge on any atom is -0.388 e. The fourth-order valence-electron chi connectivity index (χ4n) is 3.21. The van der Waals surface area contributed by atoms with Crippen molar-refractivity contribution in [3.63, 3.8) is 0 Å². The number of aliphatic hydroxyl groups is 1. The first-order chi connectivity index (χ1) is 8.83. The van der Waals surface area contributed by atoms with Gasteiger partial charge in [-0.25, -0.2) is 8.78 Å². The van der Waals surface area contributed by atoms with Crippen molar-refractivity contribution in [2.45, 2.75) is 52.6 Å². The summed E-state index contributed by atoms with van der Waals surface area (Å²) in [6.45, 7) is 5.73.